The van der Waals surface area contributed by atoms with E-state index in [9.17, 15) is 14.7 Å². The zero-order chi connectivity index (χ0) is 33.2. The van der Waals surface area contributed by atoms with Gasteiger partial charge < -0.3 is 24.6 Å². The summed E-state index contributed by atoms with van der Waals surface area (Å²) in [6.07, 6.45) is 16.9. The van der Waals surface area contributed by atoms with Crippen LogP contribution < -0.4 is 15.8 Å². The Hall–Kier alpha value is -3.57. The van der Waals surface area contributed by atoms with E-state index in [4.69, 9.17) is 9.72 Å². The number of benzene rings is 1. The highest BCUT2D eigenvalue weighted by Gasteiger charge is 2.34. The molecule has 2 fully saturated rings. The average molecular weight is 670 g/mol. The van der Waals surface area contributed by atoms with Crippen LogP contribution in [0.4, 0.5) is 11.5 Å². The fourth-order valence-electron chi connectivity index (χ4n) is 7.82. The molecule has 1 aromatic carbocycles. The van der Waals surface area contributed by atoms with Crippen molar-refractivity contribution in [3.8, 4) is 11.3 Å². The number of nitrogens with zero attached hydrogens (tertiary/aromatic N) is 4. The summed E-state index contributed by atoms with van der Waals surface area (Å²) in [7, 11) is 1.72. The van der Waals surface area contributed by atoms with Gasteiger partial charge in [0.05, 0.1) is 42.1 Å². The number of carbonyl (C=O) groups is 1. The number of aromatic nitrogens is 2. The number of thiophene rings is 1. The van der Waals surface area contributed by atoms with E-state index >= 15 is 0 Å². The van der Waals surface area contributed by atoms with Gasteiger partial charge in [0.25, 0.3) is 11.5 Å². The molecule has 0 bridgehead atoms. The van der Waals surface area contributed by atoms with Gasteiger partial charge >= 0.3 is 0 Å². The number of likely N-dealkylation sites (tertiary alicyclic amines) is 1. The van der Waals surface area contributed by atoms with Crippen LogP contribution in [0.1, 0.15) is 70.3 Å². The fourth-order valence-corrected chi connectivity index (χ4v) is 9.21. The van der Waals surface area contributed by atoms with E-state index in [0.717, 1.165) is 69.7 Å². The lowest BCUT2D eigenvalue weighted by molar-refractivity contribution is -0.0724. The maximum Gasteiger partial charge on any atom is 0.293 e. The summed E-state index contributed by atoms with van der Waals surface area (Å²) >= 11 is 1.66. The Morgan fingerprint density at radius 3 is 2.67 bits per heavy atom. The highest BCUT2D eigenvalue weighted by molar-refractivity contribution is 7.14. The molecule has 48 heavy (non-hydrogen) atoms. The fraction of sp³-hybridized carbons (Fsp3) is 0.500. The SMILES string of the molecule is CCC=C(C=CCNc1nc(-c2cccc(N3CCc4c(sc5c4CCCC5)C3=O)c2CO)cn(C)c1=O)C1CCN(C2COC2)CC1. The van der Waals surface area contributed by atoms with Crippen molar-refractivity contribution in [2.75, 3.05) is 49.6 Å². The number of nitrogens with one attached hydrogen (secondary N) is 1. The highest BCUT2D eigenvalue weighted by Crippen LogP contribution is 2.40. The van der Waals surface area contributed by atoms with E-state index in [2.05, 4.69) is 35.4 Å². The van der Waals surface area contributed by atoms with Crippen LogP contribution in [0.2, 0.25) is 0 Å². The van der Waals surface area contributed by atoms with Gasteiger partial charge in [0.15, 0.2) is 5.82 Å². The Morgan fingerprint density at radius 1 is 1.10 bits per heavy atom. The molecule has 9 nitrogen and oxygen atoms in total. The summed E-state index contributed by atoms with van der Waals surface area (Å²) in [6.45, 7) is 6.92. The summed E-state index contributed by atoms with van der Waals surface area (Å²) in [5.41, 5.74) is 6.42. The van der Waals surface area contributed by atoms with Crippen molar-refractivity contribution in [1.29, 1.82) is 0 Å². The molecule has 2 N–H and O–H groups in total. The zero-order valence-electron chi connectivity index (χ0n) is 28.2. The number of aliphatic hydroxyl groups is 1. The van der Waals surface area contributed by atoms with Crippen LogP contribution in [0.5, 0.6) is 0 Å². The van der Waals surface area contributed by atoms with Gasteiger partial charge in [0, 0.05) is 42.3 Å². The minimum absolute atomic E-state index is 0.0140. The number of carbonyl (C=O) groups excluding carboxylic acids is 1. The third kappa shape index (κ3) is 6.43. The minimum Gasteiger partial charge on any atom is -0.392 e. The Kier molecular flexibility index (Phi) is 9.95. The molecule has 7 rings (SSSR count). The first-order valence-corrected chi connectivity index (χ1v) is 18.5. The molecule has 0 unspecified atom stereocenters. The highest BCUT2D eigenvalue weighted by atomic mass is 32.1. The lowest BCUT2D eigenvalue weighted by Crippen LogP contribution is -2.51. The van der Waals surface area contributed by atoms with Crippen molar-refractivity contribution in [3.05, 3.63) is 85.0 Å². The molecule has 2 saturated heterocycles. The quantitative estimate of drug-likeness (QED) is 0.275. The van der Waals surface area contributed by atoms with E-state index in [0.29, 0.717) is 47.6 Å². The summed E-state index contributed by atoms with van der Waals surface area (Å²) in [6, 6.07) is 6.31. The van der Waals surface area contributed by atoms with Crippen LogP contribution in [0.15, 0.2) is 53.0 Å². The van der Waals surface area contributed by atoms with Gasteiger partial charge in [0.1, 0.15) is 0 Å². The first-order valence-electron chi connectivity index (χ1n) is 17.6. The van der Waals surface area contributed by atoms with E-state index < -0.39 is 0 Å². The van der Waals surface area contributed by atoms with E-state index in [1.807, 2.05) is 23.1 Å². The molecule has 4 aliphatic rings. The largest absolute Gasteiger partial charge is 0.392 e. The Labute approximate surface area is 286 Å². The van der Waals surface area contributed by atoms with Crippen LogP contribution in [0.25, 0.3) is 11.3 Å². The number of piperidine rings is 1. The second-order valence-electron chi connectivity index (χ2n) is 13.5. The van der Waals surface area contributed by atoms with Crippen LogP contribution in [0.3, 0.4) is 0 Å². The lowest BCUT2D eigenvalue weighted by Gasteiger charge is -2.41. The van der Waals surface area contributed by atoms with E-state index in [-0.39, 0.29) is 23.9 Å². The number of hydrogen-bond donors (Lipinski definition) is 2. The first kappa shape index (κ1) is 33.0. The van der Waals surface area contributed by atoms with Crippen LogP contribution >= 0.6 is 11.3 Å². The molecular formula is C38H47N5O4S. The number of rotatable bonds is 10. The molecule has 3 aromatic rings. The van der Waals surface area contributed by atoms with Crippen molar-refractivity contribution < 1.29 is 14.6 Å². The van der Waals surface area contributed by atoms with Gasteiger partial charge in [-0.05, 0) is 93.1 Å². The molecule has 1 amide bonds. The van der Waals surface area contributed by atoms with Crippen molar-refractivity contribution in [1.82, 2.24) is 14.5 Å². The number of anilines is 2. The second-order valence-corrected chi connectivity index (χ2v) is 14.6. The topological polar surface area (TPSA) is 99.9 Å². The average Bonchev–Trinajstić information content (AvgIpc) is 3.47. The van der Waals surface area contributed by atoms with Crippen molar-refractivity contribution in [2.45, 2.75) is 70.9 Å². The van der Waals surface area contributed by atoms with Crippen molar-refractivity contribution >= 4 is 28.7 Å². The van der Waals surface area contributed by atoms with Gasteiger partial charge in [-0.3, -0.25) is 14.5 Å². The van der Waals surface area contributed by atoms with E-state index in [1.165, 1.54) is 39.0 Å². The molecule has 0 radical (unpaired) electrons. The molecular weight excluding hydrogens is 623 g/mol. The molecule has 2 aromatic heterocycles. The molecule has 254 valence electrons. The van der Waals surface area contributed by atoms with Crippen LogP contribution in [-0.4, -0.2) is 70.9 Å². The number of allylic oxidation sites excluding steroid dienone is 3. The maximum atomic E-state index is 13.9. The first-order chi connectivity index (χ1) is 23.5. The predicted molar refractivity (Wildman–Crippen MR) is 192 cm³/mol. The Bertz CT molecular complexity index is 1780. The summed E-state index contributed by atoms with van der Waals surface area (Å²) in [4.78, 5) is 38.4. The molecule has 1 aliphatic carbocycles. The molecule has 5 heterocycles. The number of hydrogen-bond acceptors (Lipinski definition) is 8. The number of aryl methyl sites for hydroxylation is 2. The van der Waals surface area contributed by atoms with Gasteiger partial charge in [0.2, 0.25) is 0 Å². The van der Waals surface area contributed by atoms with Gasteiger partial charge in [-0.15, -0.1) is 11.3 Å². The molecule has 0 saturated carbocycles. The molecule has 0 spiro atoms. The monoisotopic (exact) mass is 669 g/mol. The third-order valence-corrected chi connectivity index (χ3v) is 11.9. The minimum atomic E-state index is -0.251. The van der Waals surface area contributed by atoms with Gasteiger partial charge in [-0.2, -0.15) is 0 Å². The number of aliphatic hydroxyl groups excluding tert-OH is 1. The van der Waals surface area contributed by atoms with Crippen LogP contribution in [0, 0.1) is 5.92 Å². The third-order valence-electron chi connectivity index (χ3n) is 10.5. The Balaban J connectivity index is 1.08. The lowest BCUT2D eigenvalue weighted by atomic mass is 9.87. The number of amides is 1. The number of fused-ring (bicyclic) bond motifs is 3. The maximum absolute atomic E-state index is 13.9. The number of ether oxygens (including phenoxy) is 1. The Morgan fingerprint density at radius 2 is 1.92 bits per heavy atom. The van der Waals surface area contributed by atoms with Crippen molar-refractivity contribution in [3.63, 3.8) is 0 Å². The standard InChI is InChI=1S/C38H47N5O4S/c1-3-8-25(26-14-18-42(19-15-26)27-23-47-24-27)9-7-17-39-36-38(46)41(2)21-32(40-36)28-11-6-12-33(31(28)22-44)43-20-16-30-29-10-4-5-13-34(29)48-35(30)37(43)45/h6-9,11-12,21,26-27,44H,3-5,10,13-20,22-24H2,1-2H3,(H,39,40). The van der Waals surface area contributed by atoms with E-state index in [1.54, 1.807) is 24.6 Å². The van der Waals surface area contributed by atoms with Gasteiger partial charge in [-0.25, -0.2) is 4.98 Å². The van der Waals surface area contributed by atoms with Crippen LogP contribution in [-0.2, 0) is 37.7 Å². The smallest absolute Gasteiger partial charge is 0.293 e. The summed E-state index contributed by atoms with van der Waals surface area (Å²) in [5, 5.41) is 13.9. The molecule has 0 atom stereocenters. The summed E-state index contributed by atoms with van der Waals surface area (Å²) in [5.74, 6) is 0.814. The summed E-state index contributed by atoms with van der Waals surface area (Å²) < 4.78 is 6.92. The van der Waals surface area contributed by atoms with Gasteiger partial charge in [-0.1, -0.05) is 37.3 Å². The second kappa shape index (κ2) is 14.5. The van der Waals surface area contributed by atoms with Crippen molar-refractivity contribution in [2.24, 2.45) is 13.0 Å². The normalized spacial score (nSPS) is 19.4. The zero-order valence-corrected chi connectivity index (χ0v) is 29.0. The molecule has 3 aliphatic heterocycles. The molecule has 10 heteroatoms. The predicted octanol–water partition coefficient (Wildman–Crippen LogP) is 5.50.